The van der Waals surface area contributed by atoms with Crippen LogP contribution in [-0.2, 0) is 0 Å². The molecule has 6 heteroatoms. The predicted octanol–water partition coefficient (Wildman–Crippen LogP) is 2.54. The molecule has 0 aliphatic heterocycles. The van der Waals surface area contributed by atoms with Crippen LogP contribution in [0.25, 0.3) is 0 Å². The summed E-state index contributed by atoms with van der Waals surface area (Å²) in [6, 6.07) is 7.47. The largest absolute Gasteiger partial charge is 0.495 e. The second kappa shape index (κ2) is 6.10. The summed E-state index contributed by atoms with van der Waals surface area (Å²) in [5.41, 5.74) is 3.89. The van der Waals surface area contributed by atoms with Crippen molar-refractivity contribution in [2.75, 3.05) is 7.11 Å². The van der Waals surface area contributed by atoms with Crippen LogP contribution in [0.5, 0.6) is 5.75 Å². The maximum Gasteiger partial charge on any atom is 0.142 e. The third-order valence-electron chi connectivity index (χ3n) is 2.73. The van der Waals surface area contributed by atoms with E-state index in [9.17, 15) is 4.39 Å². The standard InChI is InChI=1S/C13H13BrFN3O/c1-19-11-3-2-6-17-13(11)12(18-16)9-7-8(15)4-5-10(9)14/h2-7,12,18H,16H2,1H3. The first-order valence-corrected chi connectivity index (χ1v) is 6.36. The molecule has 2 rings (SSSR count). The Morgan fingerprint density at radius 1 is 1.42 bits per heavy atom. The van der Waals surface area contributed by atoms with Crippen LogP contribution in [0.3, 0.4) is 0 Å². The summed E-state index contributed by atoms with van der Waals surface area (Å²) in [4.78, 5) is 4.26. The highest BCUT2D eigenvalue weighted by Crippen LogP contribution is 2.32. The van der Waals surface area contributed by atoms with Gasteiger partial charge in [-0.15, -0.1) is 0 Å². The van der Waals surface area contributed by atoms with Crippen LogP contribution in [0.2, 0.25) is 0 Å². The van der Waals surface area contributed by atoms with Crippen molar-refractivity contribution >= 4 is 15.9 Å². The average molecular weight is 326 g/mol. The smallest absolute Gasteiger partial charge is 0.142 e. The number of rotatable bonds is 4. The number of hydrogen-bond acceptors (Lipinski definition) is 4. The van der Waals surface area contributed by atoms with Crippen molar-refractivity contribution in [2.24, 2.45) is 5.84 Å². The van der Waals surface area contributed by atoms with Gasteiger partial charge in [-0.1, -0.05) is 15.9 Å². The van der Waals surface area contributed by atoms with E-state index < -0.39 is 6.04 Å². The molecule has 0 bridgehead atoms. The Hall–Kier alpha value is -1.50. The fourth-order valence-corrected chi connectivity index (χ4v) is 2.32. The molecule has 4 nitrogen and oxygen atoms in total. The van der Waals surface area contributed by atoms with Gasteiger partial charge in [-0.2, -0.15) is 0 Å². The summed E-state index contributed by atoms with van der Waals surface area (Å²) in [6.07, 6.45) is 1.63. The van der Waals surface area contributed by atoms with E-state index in [2.05, 4.69) is 26.3 Å². The SMILES string of the molecule is COc1cccnc1C(NN)c1cc(F)ccc1Br. The van der Waals surface area contributed by atoms with Gasteiger partial charge < -0.3 is 4.74 Å². The van der Waals surface area contributed by atoms with Crippen molar-refractivity contribution in [1.29, 1.82) is 0 Å². The van der Waals surface area contributed by atoms with Crippen LogP contribution in [0.1, 0.15) is 17.3 Å². The highest BCUT2D eigenvalue weighted by atomic mass is 79.9. The van der Waals surface area contributed by atoms with Gasteiger partial charge >= 0.3 is 0 Å². The minimum Gasteiger partial charge on any atom is -0.495 e. The van der Waals surface area contributed by atoms with E-state index in [1.165, 1.54) is 12.1 Å². The Kier molecular flexibility index (Phi) is 4.47. The zero-order valence-electron chi connectivity index (χ0n) is 10.2. The molecule has 0 radical (unpaired) electrons. The molecule has 19 heavy (non-hydrogen) atoms. The van der Waals surface area contributed by atoms with Gasteiger partial charge in [0.1, 0.15) is 17.3 Å². The molecular formula is C13H13BrFN3O. The Labute approximate surface area is 118 Å². The van der Waals surface area contributed by atoms with E-state index in [0.717, 1.165) is 4.47 Å². The molecule has 1 heterocycles. The van der Waals surface area contributed by atoms with E-state index in [1.54, 1.807) is 31.5 Å². The van der Waals surface area contributed by atoms with Gasteiger partial charge in [0.15, 0.2) is 0 Å². The summed E-state index contributed by atoms with van der Waals surface area (Å²) in [5.74, 6) is 5.84. The van der Waals surface area contributed by atoms with Gasteiger partial charge in [-0.05, 0) is 35.9 Å². The number of pyridine rings is 1. The maximum atomic E-state index is 13.4. The van der Waals surface area contributed by atoms with Crippen LogP contribution in [0.4, 0.5) is 4.39 Å². The van der Waals surface area contributed by atoms with Crippen molar-refractivity contribution in [2.45, 2.75) is 6.04 Å². The molecule has 3 N–H and O–H groups in total. The quantitative estimate of drug-likeness (QED) is 0.670. The molecular weight excluding hydrogens is 313 g/mol. The summed E-state index contributed by atoms with van der Waals surface area (Å²) in [5, 5.41) is 0. The number of benzene rings is 1. The third kappa shape index (κ3) is 2.91. The molecule has 1 atom stereocenters. The van der Waals surface area contributed by atoms with Gasteiger partial charge in [0.25, 0.3) is 0 Å². The van der Waals surface area contributed by atoms with E-state index in [0.29, 0.717) is 17.0 Å². The first kappa shape index (κ1) is 13.9. The van der Waals surface area contributed by atoms with Crippen molar-refractivity contribution in [3.8, 4) is 5.75 Å². The van der Waals surface area contributed by atoms with Crippen LogP contribution in [-0.4, -0.2) is 12.1 Å². The third-order valence-corrected chi connectivity index (χ3v) is 3.45. The molecule has 0 fully saturated rings. The fourth-order valence-electron chi connectivity index (χ4n) is 1.84. The number of nitrogens with zero attached hydrogens (tertiary/aromatic N) is 1. The molecule has 0 amide bonds. The molecule has 100 valence electrons. The molecule has 0 aliphatic rings. The van der Waals surface area contributed by atoms with Crippen molar-refractivity contribution < 1.29 is 9.13 Å². The van der Waals surface area contributed by atoms with Gasteiger partial charge in [0.2, 0.25) is 0 Å². The summed E-state index contributed by atoms with van der Waals surface area (Å²) >= 11 is 3.38. The van der Waals surface area contributed by atoms with Crippen LogP contribution in [0.15, 0.2) is 41.0 Å². The second-order valence-electron chi connectivity index (χ2n) is 3.86. The maximum absolute atomic E-state index is 13.4. The van der Waals surface area contributed by atoms with Crippen LogP contribution >= 0.6 is 15.9 Å². The first-order chi connectivity index (χ1) is 9.17. The Morgan fingerprint density at radius 3 is 2.89 bits per heavy atom. The molecule has 1 unspecified atom stereocenters. The van der Waals surface area contributed by atoms with Gasteiger partial charge in [-0.25, -0.2) is 9.82 Å². The lowest BCUT2D eigenvalue weighted by atomic mass is 10.0. The molecule has 0 saturated heterocycles. The molecule has 0 saturated carbocycles. The van der Waals surface area contributed by atoms with E-state index in [1.807, 2.05) is 0 Å². The van der Waals surface area contributed by atoms with Crippen LogP contribution < -0.4 is 16.0 Å². The number of ether oxygens (including phenoxy) is 1. The normalized spacial score (nSPS) is 12.2. The predicted molar refractivity (Wildman–Crippen MR) is 74.1 cm³/mol. The highest BCUT2D eigenvalue weighted by molar-refractivity contribution is 9.10. The molecule has 2 aromatic rings. The number of halogens is 2. The zero-order valence-corrected chi connectivity index (χ0v) is 11.8. The topological polar surface area (TPSA) is 60.2 Å². The number of nitrogens with two attached hydrogens (primary N) is 1. The number of methoxy groups -OCH3 is 1. The van der Waals surface area contributed by atoms with Gasteiger partial charge in [0, 0.05) is 10.7 Å². The average Bonchev–Trinajstić information content (AvgIpc) is 2.44. The molecule has 0 aliphatic carbocycles. The van der Waals surface area contributed by atoms with E-state index in [4.69, 9.17) is 10.6 Å². The summed E-state index contributed by atoms with van der Waals surface area (Å²) < 4.78 is 19.4. The second-order valence-corrected chi connectivity index (χ2v) is 4.71. The lowest BCUT2D eigenvalue weighted by Crippen LogP contribution is -2.30. The molecule has 1 aromatic carbocycles. The number of aromatic nitrogens is 1. The molecule has 0 spiro atoms. The molecule has 1 aromatic heterocycles. The lowest BCUT2D eigenvalue weighted by Gasteiger charge is -2.19. The summed E-state index contributed by atoms with van der Waals surface area (Å²) in [7, 11) is 1.55. The fraction of sp³-hybridized carbons (Fsp3) is 0.154. The Bertz CT molecular complexity index is 580. The Morgan fingerprint density at radius 2 is 2.21 bits per heavy atom. The minimum absolute atomic E-state index is 0.339. The van der Waals surface area contributed by atoms with Crippen molar-refractivity contribution in [1.82, 2.24) is 10.4 Å². The van der Waals surface area contributed by atoms with E-state index in [-0.39, 0.29) is 5.82 Å². The summed E-state index contributed by atoms with van der Waals surface area (Å²) in [6.45, 7) is 0. The van der Waals surface area contributed by atoms with Crippen LogP contribution in [0, 0.1) is 5.82 Å². The zero-order chi connectivity index (χ0) is 13.8. The number of hydrogen-bond donors (Lipinski definition) is 2. The number of nitrogens with one attached hydrogen (secondary N) is 1. The highest BCUT2D eigenvalue weighted by Gasteiger charge is 2.21. The monoisotopic (exact) mass is 325 g/mol. The van der Waals surface area contributed by atoms with Crippen molar-refractivity contribution in [3.63, 3.8) is 0 Å². The lowest BCUT2D eigenvalue weighted by molar-refractivity contribution is 0.400. The van der Waals surface area contributed by atoms with E-state index >= 15 is 0 Å². The first-order valence-electron chi connectivity index (χ1n) is 5.57. The number of hydrazine groups is 1. The van der Waals surface area contributed by atoms with Crippen molar-refractivity contribution in [3.05, 3.63) is 58.1 Å². The van der Waals surface area contributed by atoms with Gasteiger partial charge in [-0.3, -0.25) is 10.8 Å². The van der Waals surface area contributed by atoms with Gasteiger partial charge in [0.05, 0.1) is 13.2 Å². The Balaban J connectivity index is 2.53. The minimum atomic E-state index is -0.471.